The third kappa shape index (κ3) is 2.80. The first-order chi connectivity index (χ1) is 10.9. The van der Waals surface area contributed by atoms with Crippen LogP contribution in [0.2, 0.25) is 0 Å². The molecule has 0 bridgehead atoms. The van der Waals surface area contributed by atoms with Crippen LogP contribution in [0.15, 0.2) is 18.2 Å². The monoisotopic (exact) mass is 317 g/mol. The van der Waals surface area contributed by atoms with Crippen LogP contribution in [-0.2, 0) is 16.1 Å². The van der Waals surface area contributed by atoms with Gasteiger partial charge in [-0.1, -0.05) is 19.4 Å². The molecule has 1 aliphatic carbocycles. The van der Waals surface area contributed by atoms with Gasteiger partial charge in [-0.15, -0.1) is 0 Å². The van der Waals surface area contributed by atoms with Gasteiger partial charge in [0, 0.05) is 17.5 Å². The second-order valence-electron chi connectivity index (χ2n) is 6.82. The van der Waals surface area contributed by atoms with E-state index in [0.717, 1.165) is 24.8 Å². The van der Waals surface area contributed by atoms with Crippen molar-refractivity contribution in [3.05, 3.63) is 29.3 Å². The van der Waals surface area contributed by atoms with Gasteiger partial charge in [-0.25, -0.2) is 4.79 Å². The van der Waals surface area contributed by atoms with Gasteiger partial charge in [0.2, 0.25) is 5.91 Å². The molecule has 1 saturated carbocycles. The summed E-state index contributed by atoms with van der Waals surface area (Å²) in [5, 5.41) is 0. The second kappa shape index (κ2) is 5.87. The predicted molar refractivity (Wildman–Crippen MR) is 85.2 cm³/mol. The van der Waals surface area contributed by atoms with Crippen LogP contribution in [0.1, 0.15) is 49.0 Å². The van der Waals surface area contributed by atoms with Crippen molar-refractivity contribution in [2.75, 3.05) is 13.7 Å². The standard InChI is InChI=1S/C18H23NO4/c1-12-11-23-15-9-13(16(20)22-3)5-6-14(15)10-19(12)17(21)18(2)7-4-8-18/h5-6,9,12H,4,7-8,10-11H2,1-3H3/t12-/m1/s1. The molecule has 124 valence electrons. The fraction of sp³-hybridized carbons (Fsp3) is 0.556. The van der Waals surface area contributed by atoms with Crippen molar-refractivity contribution in [1.82, 2.24) is 4.90 Å². The van der Waals surface area contributed by atoms with E-state index >= 15 is 0 Å². The molecule has 1 amide bonds. The van der Waals surface area contributed by atoms with Crippen LogP contribution in [0, 0.1) is 5.41 Å². The zero-order valence-electron chi connectivity index (χ0n) is 13.9. The number of benzene rings is 1. The Bertz CT molecular complexity index is 636. The molecule has 0 radical (unpaired) electrons. The highest BCUT2D eigenvalue weighted by Gasteiger charge is 2.43. The Morgan fingerprint density at radius 3 is 2.70 bits per heavy atom. The molecule has 0 spiro atoms. The number of carbonyl (C=O) groups excluding carboxylic acids is 2. The van der Waals surface area contributed by atoms with Crippen LogP contribution in [0.25, 0.3) is 0 Å². The van der Waals surface area contributed by atoms with Gasteiger partial charge in [-0.05, 0) is 31.9 Å². The number of fused-ring (bicyclic) bond motifs is 1. The fourth-order valence-electron chi connectivity index (χ4n) is 3.24. The normalized spacial score (nSPS) is 22.2. The highest BCUT2D eigenvalue weighted by Crippen LogP contribution is 2.43. The van der Waals surface area contributed by atoms with E-state index in [4.69, 9.17) is 9.47 Å². The first kappa shape index (κ1) is 15.8. The quantitative estimate of drug-likeness (QED) is 0.787. The molecule has 1 aromatic rings. The third-order valence-corrected chi connectivity index (χ3v) is 5.08. The number of amides is 1. The Hall–Kier alpha value is -2.04. The van der Waals surface area contributed by atoms with Crippen LogP contribution in [0.4, 0.5) is 0 Å². The van der Waals surface area contributed by atoms with Crippen molar-refractivity contribution in [2.45, 2.75) is 45.7 Å². The lowest BCUT2D eigenvalue weighted by Gasteiger charge is -2.42. The average Bonchev–Trinajstić information content (AvgIpc) is 2.70. The largest absolute Gasteiger partial charge is 0.491 e. The fourth-order valence-corrected chi connectivity index (χ4v) is 3.24. The van der Waals surface area contributed by atoms with E-state index in [-0.39, 0.29) is 23.3 Å². The number of rotatable bonds is 2. The van der Waals surface area contributed by atoms with Gasteiger partial charge in [0.25, 0.3) is 0 Å². The number of hydrogen-bond acceptors (Lipinski definition) is 4. The highest BCUT2D eigenvalue weighted by atomic mass is 16.5. The van der Waals surface area contributed by atoms with E-state index in [1.165, 1.54) is 7.11 Å². The van der Waals surface area contributed by atoms with Gasteiger partial charge in [-0.3, -0.25) is 4.79 Å². The summed E-state index contributed by atoms with van der Waals surface area (Å²) in [6.45, 7) is 5.01. The summed E-state index contributed by atoms with van der Waals surface area (Å²) >= 11 is 0. The number of hydrogen-bond donors (Lipinski definition) is 0. The van der Waals surface area contributed by atoms with Crippen molar-refractivity contribution in [2.24, 2.45) is 5.41 Å². The number of methoxy groups -OCH3 is 1. The molecule has 1 fully saturated rings. The Labute approximate surface area is 136 Å². The van der Waals surface area contributed by atoms with E-state index in [1.807, 2.05) is 17.9 Å². The van der Waals surface area contributed by atoms with Crippen molar-refractivity contribution < 1.29 is 19.1 Å². The first-order valence-electron chi connectivity index (χ1n) is 8.10. The van der Waals surface area contributed by atoms with E-state index < -0.39 is 0 Å². The van der Waals surface area contributed by atoms with E-state index in [2.05, 4.69) is 6.92 Å². The van der Waals surface area contributed by atoms with E-state index in [1.54, 1.807) is 12.1 Å². The molecule has 0 unspecified atom stereocenters. The number of carbonyl (C=O) groups is 2. The molecular formula is C18H23NO4. The lowest BCUT2D eigenvalue weighted by Crippen LogP contribution is -2.49. The van der Waals surface area contributed by atoms with Crippen LogP contribution >= 0.6 is 0 Å². The molecule has 1 aliphatic heterocycles. The molecule has 3 rings (SSSR count). The number of nitrogens with zero attached hydrogens (tertiary/aromatic N) is 1. The van der Waals surface area contributed by atoms with Gasteiger partial charge in [-0.2, -0.15) is 0 Å². The van der Waals surface area contributed by atoms with E-state index in [0.29, 0.717) is 24.5 Å². The topological polar surface area (TPSA) is 55.8 Å². The molecule has 1 atom stereocenters. The van der Waals surface area contributed by atoms with Gasteiger partial charge in [0.15, 0.2) is 0 Å². The third-order valence-electron chi connectivity index (χ3n) is 5.08. The van der Waals surface area contributed by atoms with Gasteiger partial charge in [0.1, 0.15) is 12.4 Å². The Balaban J connectivity index is 1.86. The maximum absolute atomic E-state index is 12.9. The molecule has 1 heterocycles. The summed E-state index contributed by atoms with van der Waals surface area (Å²) < 4.78 is 10.6. The summed E-state index contributed by atoms with van der Waals surface area (Å²) in [7, 11) is 1.36. The molecular weight excluding hydrogens is 294 g/mol. The second-order valence-corrected chi connectivity index (χ2v) is 6.82. The molecule has 2 aliphatic rings. The average molecular weight is 317 g/mol. The maximum Gasteiger partial charge on any atom is 0.337 e. The smallest absolute Gasteiger partial charge is 0.337 e. The van der Waals surface area contributed by atoms with E-state index in [9.17, 15) is 9.59 Å². The Kier molecular flexibility index (Phi) is 4.04. The van der Waals surface area contributed by atoms with Crippen LogP contribution in [0.3, 0.4) is 0 Å². The Morgan fingerprint density at radius 1 is 1.35 bits per heavy atom. The zero-order chi connectivity index (χ0) is 16.6. The maximum atomic E-state index is 12.9. The van der Waals surface area contributed by atoms with Crippen molar-refractivity contribution in [3.63, 3.8) is 0 Å². The summed E-state index contributed by atoms with van der Waals surface area (Å²) in [5.41, 5.74) is 1.17. The summed E-state index contributed by atoms with van der Waals surface area (Å²) in [6.07, 6.45) is 3.05. The highest BCUT2D eigenvalue weighted by molar-refractivity contribution is 5.90. The van der Waals surface area contributed by atoms with Crippen LogP contribution in [-0.4, -0.2) is 36.5 Å². The predicted octanol–water partition coefficient (Wildman–Crippen LogP) is 2.77. The SMILES string of the molecule is COC(=O)c1ccc2c(c1)OC[C@@H](C)N(C(=O)C1(C)CCC1)C2. The van der Waals surface area contributed by atoms with Crippen molar-refractivity contribution in [1.29, 1.82) is 0 Å². The lowest BCUT2D eigenvalue weighted by molar-refractivity contribution is -0.149. The molecule has 5 nitrogen and oxygen atoms in total. The zero-order valence-corrected chi connectivity index (χ0v) is 13.9. The Morgan fingerprint density at radius 2 is 2.09 bits per heavy atom. The molecule has 5 heteroatoms. The van der Waals surface area contributed by atoms with Gasteiger partial charge in [0.05, 0.1) is 18.7 Å². The number of esters is 1. The minimum atomic E-state index is -0.386. The lowest BCUT2D eigenvalue weighted by atomic mass is 9.69. The molecule has 0 N–H and O–H groups in total. The van der Waals surface area contributed by atoms with Crippen molar-refractivity contribution >= 4 is 11.9 Å². The molecule has 1 aromatic carbocycles. The molecule has 0 saturated heterocycles. The minimum absolute atomic E-state index is 0.00824. The van der Waals surface area contributed by atoms with Crippen molar-refractivity contribution in [3.8, 4) is 5.75 Å². The van der Waals surface area contributed by atoms with Gasteiger partial charge < -0.3 is 14.4 Å². The van der Waals surface area contributed by atoms with Gasteiger partial charge >= 0.3 is 5.97 Å². The molecule has 0 aromatic heterocycles. The summed E-state index contributed by atoms with van der Waals surface area (Å²) in [4.78, 5) is 26.5. The summed E-state index contributed by atoms with van der Waals surface area (Å²) in [5.74, 6) is 0.488. The van der Waals surface area contributed by atoms with Crippen LogP contribution in [0.5, 0.6) is 5.75 Å². The molecule has 23 heavy (non-hydrogen) atoms. The van der Waals surface area contributed by atoms with Crippen LogP contribution < -0.4 is 4.74 Å². The number of ether oxygens (including phenoxy) is 2. The first-order valence-corrected chi connectivity index (χ1v) is 8.10. The minimum Gasteiger partial charge on any atom is -0.491 e. The summed E-state index contributed by atoms with van der Waals surface area (Å²) in [6, 6.07) is 5.28.